The third-order valence-corrected chi connectivity index (χ3v) is 4.82. The van der Waals surface area contributed by atoms with Crippen molar-refractivity contribution in [1.82, 2.24) is 10.2 Å². The van der Waals surface area contributed by atoms with Gasteiger partial charge in [0.2, 0.25) is 5.72 Å². The van der Waals surface area contributed by atoms with Gasteiger partial charge in [-0.05, 0) is 12.1 Å². The molecule has 1 heterocycles. The summed E-state index contributed by atoms with van der Waals surface area (Å²) in [7, 11) is 4.62. The fourth-order valence-electron chi connectivity index (χ4n) is 3.64. The molecule has 0 bridgehead atoms. The molecule has 0 radical (unpaired) electrons. The molecular formula is C20H24N2O4. The van der Waals surface area contributed by atoms with Crippen LogP contribution in [-0.2, 0) is 19.9 Å². The Morgan fingerprint density at radius 3 is 2.04 bits per heavy atom. The molecule has 0 aromatic heterocycles. The summed E-state index contributed by atoms with van der Waals surface area (Å²) in [5.41, 5.74) is 0.0266. The molecule has 0 aliphatic carbocycles. The molecule has 1 fully saturated rings. The maximum Gasteiger partial charge on any atom is 0.282 e. The van der Waals surface area contributed by atoms with E-state index in [4.69, 9.17) is 14.2 Å². The maximum absolute atomic E-state index is 13.4. The molecule has 1 aliphatic rings. The minimum Gasteiger partial charge on any atom is -0.349 e. The Morgan fingerprint density at radius 2 is 1.50 bits per heavy atom. The first-order valence-corrected chi connectivity index (χ1v) is 8.48. The van der Waals surface area contributed by atoms with Crippen molar-refractivity contribution in [3.8, 4) is 0 Å². The number of hydrogen-bond acceptors (Lipinski definition) is 5. The van der Waals surface area contributed by atoms with Crippen molar-refractivity contribution in [3.05, 3.63) is 71.8 Å². The number of ether oxygens (including phenoxy) is 3. The van der Waals surface area contributed by atoms with E-state index in [0.717, 1.165) is 5.56 Å². The highest BCUT2D eigenvalue weighted by molar-refractivity contribution is 5.94. The van der Waals surface area contributed by atoms with Crippen LogP contribution in [0.4, 0.5) is 0 Å². The number of hydrogen-bond donors (Lipinski definition) is 1. The fourth-order valence-corrected chi connectivity index (χ4v) is 3.64. The predicted octanol–water partition coefficient (Wildman–Crippen LogP) is 2.18. The Labute approximate surface area is 153 Å². The van der Waals surface area contributed by atoms with Crippen LogP contribution in [0, 0.1) is 0 Å². The lowest BCUT2D eigenvalue weighted by molar-refractivity contribution is -0.377. The van der Waals surface area contributed by atoms with E-state index in [-0.39, 0.29) is 5.91 Å². The molecule has 1 unspecified atom stereocenters. The minimum absolute atomic E-state index is 0.156. The third-order valence-electron chi connectivity index (χ3n) is 4.82. The number of amides is 1. The summed E-state index contributed by atoms with van der Waals surface area (Å²) >= 11 is 0. The van der Waals surface area contributed by atoms with E-state index in [1.807, 2.05) is 48.5 Å². The van der Waals surface area contributed by atoms with Gasteiger partial charge in [-0.1, -0.05) is 48.5 Å². The number of carbonyl (C=O) groups is 1. The van der Waals surface area contributed by atoms with Crippen LogP contribution in [0.3, 0.4) is 0 Å². The first kappa shape index (κ1) is 18.5. The van der Waals surface area contributed by atoms with Crippen molar-refractivity contribution in [3.63, 3.8) is 0 Å². The summed E-state index contributed by atoms with van der Waals surface area (Å²) in [6, 6.07) is 18.6. The normalized spacial score (nSPS) is 22.2. The molecule has 26 heavy (non-hydrogen) atoms. The highest BCUT2D eigenvalue weighted by Gasteiger charge is 2.62. The summed E-state index contributed by atoms with van der Waals surface area (Å²) in [4.78, 5) is 15.0. The van der Waals surface area contributed by atoms with Gasteiger partial charge in [0.15, 0.2) is 0 Å². The number of rotatable bonds is 5. The minimum atomic E-state index is -1.36. The Kier molecular flexibility index (Phi) is 5.38. The number of carbonyl (C=O) groups excluding carboxylic acids is 1. The Balaban J connectivity index is 2.19. The van der Waals surface area contributed by atoms with Crippen LogP contribution in [0.1, 0.15) is 15.9 Å². The molecule has 6 heteroatoms. The molecule has 0 spiro atoms. The number of benzene rings is 2. The lowest BCUT2D eigenvalue weighted by Crippen LogP contribution is -2.76. The van der Waals surface area contributed by atoms with Crippen molar-refractivity contribution >= 4 is 5.91 Å². The van der Waals surface area contributed by atoms with Crippen molar-refractivity contribution in [2.75, 3.05) is 34.4 Å². The summed E-state index contributed by atoms with van der Waals surface area (Å²) in [6.07, 6.45) is 0. The average molecular weight is 356 g/mol. The van der Waals surface area contributed by atoms with E-state index >= 15 is 0 Å². The van der Waals surface area contributed by atoms with Gasteiger partial charge in [-0.25, -0.2) is 0 Å². The SMILES string of the molecule is COC1(OC)NCCN(C(=O)c2ccccc2)C1(OC)c1ccccc1. The van der Waals surface area contributed by atoms with Gasteiger partial charge >= 0.3 is 0 Å². The van der Waals surface area contributed by atoms with Gasteiger partial charge in [0, 0.05) is 45.5 Å². The average Bonchev–Trinajstić information content (AvgIpc) is 2.73. The quantitative estimate of drug-likeness (QED) is 0.832. The summed E-state index contributed by atoms with van der Waals surface area (Å²) < 4.78 is 17.5. The van der Waals surface area contributed by atoms with Gasteiger partial charge in [0.25, 0.3) is 11.8 Å². The topological polar surface area (TPSA) is 60.0 Å². The second-order valence-corrected chi connectivity index (χ2v) is 5.99. The summed E-state index contributed by atoms with van der Waals surface area (Å²) in [5, 5.41) is 3.25. The molecule has 1 atom stereocenters. The first-order valence-electron chi connectivity index (χ1n) is 8.48. The van der Waals surface area contributed by atoms with E-state index in [2.05, 4.69) is 5.32 Å². The number of methoxy groups -OCH3 is 3. The number of piperazine rings is 1. The second kappa shape index (κ2) is 7.55. The molecule has 1 amide bonds. The molecule has 2 aromatic rings. The van der Waals surface area contributed by atoms with Gasteiger partial charge in [-0.2, -0.15) is 0 Å². The molecule has 1 aliphatic heterocycles. The third kappa shape index (κ3) is 2.71. The highest BCUT2D eigenvalue weighted by atomic mass is 16.7. The zero-order valence-corrected chi connectivity index (χ0v) is 15.3. The van der Waals surface area contributed by atoms with Crippen molar-refractivity contribution < 1.29 is 19.0 Å². The lowest BCUT2D eigenvalue weighted by Gasteiger charge is -2.55. The monoisotopic (exact) mass is 356 g/mol. The Hall–Kier alpha value is -2.25. The molecular weight excluding hydrogens is 332 g/mol. The predicted molar refractivity (Wildman–Crippen MR) is 97.4 cm³/mol. The van der Waals surface area contributed by atoms with Crippen LogP contribution in [-0.4, -0.2) is 51.1 Å². The van der Waals surface area contributed by atoms with Crippen molar-refractivity contribution in [1.29, 1.82) is 0 Å². The number of nitrogens with one attached hydrogen (secondary N) is 1. The van der Waals surface area contributed by atoms with E-state index < -0.39 is 11.6 Å². The van der Waals surface area contributed by atoms with Crippen molar-refractivity contribution in [2.45, 2.75) is 11.6 Å². The van der Waals surface area contributed by atoms with Crippen LogP contribution < -0.4 is 5.32 Å². The molecule has 0 saturated carbocycles. The summed E-state index contributed by atoms with van der Waals surface area (Å²) in [6.45, 7) is 0.934. The van der Waals surface area contributed by atoms with Gasteiger partial charge in [-0.15, -0.1) is 0 Å². The van der Waals surface area contributed by atoms with Gasteiger partial charge in [0.05, 0.1) is 0 Å². The summed E-state index contributed by atoms with van der Waals surface area (Å²) in [5.74, 6) is -1.51. The lowest BCUT2D eigenvalue weighted by atomic mass is 9.92. The van der Waals surface area contributed by atoms with Crippen LogP contribution >= 0.6 is 0 Å². The Morgan fingerprint density at radius 1 is 0.923 bits per heavy atom. The largest absolute Gasteiger partial charge is 0.349 e. The zero-order valence-electron chi connectivity index (χ0n) is 15.3. The molecule has 1 N–H and O–H groups in total. The molecule has 2 aromatic carbocycles. The molecule has 3 rings (SSSR count). The van der Waals surface area contributed by atoms with Gasteiger partial charge in [0.1, 0.15) is 0 Å². The van der Waals surface area contributed by atoms with Crippen LogP contribution in [0.2, 0.25) is 0 Å². The van der Waals surface area contributed by atoms with Crippen LogP contribution in [0.5, 0.6) is 0 Å². The van der Waals surface area contributed by atoms with E-state index in [1.165, 1.54) is 14.2 Å². The van der Waals surface area contributed by atoms with E-state index in [9.17, 15) is 4.79 Å². The second-order valence-electron chi connectivity index (χ2n) is 5.99. The van der Waals surface area contributed by atoms with E-state index in [1.54, 1.807) is 24.1 Å². The zero-order chi connectivity index (χ0) is 18.6. The van der Waals surface area contributed by atoms with Crippen LogP contribution in [0.25, 0.3) is 0 Å². The van der Waals surface area contributed by atoms with Crippen molar-refractivity contribution in [2.24, 2.45) is 0 Å². The smallest absolute Gasteiger partial charge is 0.282 e. The highest BCUT2D eigenvalue weighted by Crippen LogP contribution is 2.43. The molecule has 138 valence electrons. The van der Waals surface area contributed by atoms with E-state index in [0.29, 0.717) is 18.7 Å². The first-order chi connectivity index (χ1) is 12.6. The van der Waals surface area contributed by atoms with Crippen LogP contribution in [0.15, 0.2) is 60.7 Å². The maximum atomic E-state index is 13.4. The van der Waals surface area contributed by atoms with Gasteiger partial charge in [-0.3, -0.25) is 15.0 Å². The number of nitrogens with zero attached hydrogens (tertiary/aromatic N) is 1. The Bertz CT molecular complexity index is 734. The van der Waals surface area contributed by atoms with Gasteiger partial charge < -0.3 is 14.2 Å². The standard InChI is InChI=1S/C20H24N2O4/c1-24-19(17-12-8-5-9-13-17)20(25-2,26-3)21-14-15-22(19)18(23)16-10-6-4-7-11-16/h4-13,21H,14-15H2,1-3H3. The fraction of sp³-hybridized carbons (Fsp3) is 0.350. The molecule has 6 nitrogen and oxygen atoms in total. The molecule has 1 saturated heterocycles.